The molecule has 7 nitrogen and oxygen atoms in total. The molecule has 1 heterocycles. The van der Waals surface area contributed by atoms with E-state index < -0.39 is 15.8 Å². The molecule has 4 rings (SSSR count). The van der Waals surface area contributed by atoms with Crippen LogP contribution in [0.1, 0.15) is 19.3 Å². The summed E-state index contributed by atoms with van der Waals surface area (Å²) in [5, 5.41) is 11.3. The van der Waals surface area contributed by atoms with Gasteiger partial charge in [0.2, 0.25) is 0 Å². The molecule has 0 aliphatic rings. The number of aromatic nitrogens is 1. The molecule has 8 heteroatoms. The van der Waals surface area contributed by atoms with E-state index in [2.05, 4.69) is 0 Å². The molecule has 0 bridgehead atoms. The largest absolute Gasteiger partial charge is 0.494 e. The summed E-state index contributed by atoms with van der Waals surface area (Å²) in [4.78, 5) is 11.3. The summed E-state index contributed by atoms with van der Waals surface area (Å²) in [6.45, 7) is 1.26. The summed E-state index contributed by atoms with van der Waals surface area (Å²) in [6, 6.07) is 20.5. The van der Waals surface area contributed by atoms with Gasteiger partial charge in [-0.1, -0.05) is 30.3 Å². The Morgan fingerprint density at radius 3 is 2.32 bits per heavy atom. The molecule has 0 aliphatic carbocycles. The van der Waals surface area contributed by atoms with Crippen LogP contribution in [0.5, 0.6) is 11.5 Å². The first-order valence-corrected chi connectivity index (χ1v) is 13.0. The molecular weight excluding hydrogens is 454 g/mol. The number of carbonyl (C=O) groups is 1. The van der Waals surface area contributed by atoms with Gasteiger partial charge in [-0.15, -0.1) is 0 Å². The molecule has 0 spiro atoms. The van der Waals surface area contributed by atoms with Gasteiger partial charge in [-0.25, -0.2) is 8.42 Å². The summed E-state index contributed by atoms with van der Waals surface area (Å²) in [5.74, 6) is 0.250. The lowest BCUT2D eigenvalue weighted by molar-refractivity contribution is -0.137. The Bertz CT molecular complexity index is 1420. The number of carboxylic acid groups (broad SMARTS) is 1. The van der Waals surface area contributed by atoms with Gasteiger partial charge in [-0.2, -0.15) is 0 Å². The Morgan fingerprint density at radius 2 is 1.56 bits per heavy atom. The Labute approximate surface area is 198 Å². The van der Waals surface area contributed by atoms with E-state index in [4.69, 9.17) is 14.6 Å². The van der Waals surface area contributed by atoms with Crippen molar-refractivity contribution in [3.63, 3.8) is 0 Å². The zero-order valence-electron chi connectivity index (χ0n) is 18.9. The zero-order chi connectivity index (χ0) is 24.1. The Morgan fingerprint density at radius 1 is 0.882 bits per heavy atom. The van der Waals surface area contributed by atoms with Crippen LogP contribution in [0.2, 0.25) is 0 Å². The van der Waals surface area contributed by atoms with Gasteiger partial charge < -0.3 is 19.1 Å². The molecule has 1 aromatic heterocycles. The molecule has 0 saturated heterocycles. The fourth-order valence-corrected chi connectivity index (χ4v) is 4.84. The number of nitrogens with zero attached hydrogens (tertiary/aromatic N) is 1. The van der Waals surface area contributed by atoms with Gasteiger partial charge in [0, 0.05) is 35.2 Å². The van der Waals surface area contributed by atoms with Crippen molar-refractivity contribution < 1.29 is 27.8 Å². The van der Waals surface area contributed by atoms with Gasteiger partial charge in [0.15, 0.2) is 9.84 Å². The zero-order valence-corrected chi connectivity index (χ0v) is 19.8. The van der Waals surface area contributed by atoms with E-state index in [1.165, 1.54) is 6.26 Å². The van der Waals surface area contributed by atoms with Crippen molar-refractivity contribution in [3.05, 3.63) is 66.7 Å². The van der Waals surface area contributed by atoms with E-state index in [0.717, 1.165) is 34.0 Å². The van der Waals surface area contributed by atoms with E-state index in [1.807, 2.05) is 47.0 Å². The van der Waals surface area contributed by atoms with E-state index >= 15 is 0 Å². The number of sulfone groups is 1. The van der Waals surface area contributed by atoms with Crippen molar-refractivity contribution in [1.29, 1.82) is 0 Å². The predicted octanol–water partition coefficient (Wildman–Crippen LogP) is 4.91. The van der Waals surface area contributed by atoms with E-state index in [1.54, 1.807) is 24.3 Å². The van der Waals surface area contributed by atoms with Gasteiger partial charge >= 0.3 is 5.97 Å². The van der Waals surface area contributed by atoms with Crippen LogP contribution >= 0.6 is 0 Å². The second-order valence-electron chi connectivity index (χ2n) is 8.11. The van der Waals surface area contributed by atoms with Crippen LogP contribution in [0.15, 0.2) is 71.6 Å². The molecule has 0 amide bonds. The lowest BCUT2D eigenvalue weighted by Gasteiger charge is -2.11. The normalized spacial score (nSPS) is 11.7. The number of carboxylic acids is 1. The average molecular weight is 482 g/mol. The van der Waals surface area contributed by atoms with Gasteiger partial charge in [0.1, 0.15) is 16.4 Å². The second kappa shape index (κ2) is 10.2. The van der Waals surface area contributed by atoms with Crippen molar-refractivity contribution in [2.75, 3.05) is 19.5 Å². The number of hydrogen-bond acceptors (Lipinski definition) is 5. The SMILES string of the molecule is CS(=O)(=O)c1ccccc1OCCCCOc1ccc2c3ccccc3n(CCC(=O)O)c2c1. The molecule has 0 radical (unpaired) electrons. The van der Waals surface area contributed by atoms with Gasteiger partial charge in [0.05, 0.1) is 25.2 Å². The minimum Gasteiger partial charge on any atom is -0.494 e. The molecule has 0 aliphatic heterocycles. The quantitative estimate of drug-likeness (QED) is 0.306. The maximum absolute atomic E-state index is 11.9. The van der Waals surface area contributed by atoms with E-state index in [9.17, 15) is 13.2 Å². The molecule has 1 N–H and O–H groups in total. The summed E-state index contributed by atoms with van der Waals surface area (Å²) in [6.07, 6.45) is 2.66. The second-order valence-corrected chi connectivity index (χ2v) is 10.1. The molecule has 0 unspecified atom stereocenters. The summed E-state index contributed by atoms with van der Waals surface area (Å²) < 4.78 is 37.4. The standard InChI is InChI=1S/C26H27NO6S/c1-34(30,31)25-11-5-4-10-24(25)33-17-7-6-16-32-19-12-13-21-20-8-2-3-9-22(20)27(23(21)18-19)15-14-26(28)29/h2-5,8-13,18H,6-7,14-17H2,1H3,(H,28,29). The van der Waals surface area contributed by atoms with Crippen LogP contribution in [0.25, 0.3) is 21.8 Å². The molecule has 0 saturated carbocycles. The molecule has 0 fully saturated rings. The molecule has 4 aromatic rings. The number of hydrogen-bond donors (Lipinski definition) is 1. The predicted molar refractivity (Wildman–Crippen MR) is 131 cm³/mol. The van der Waals surface area contributed by atoms with Gasteiger partial charge in [-0.05, 0) is 43.2 Å². The molecule has 0 atom stereocenters. The first-order chi connectivity index (χ1) is 16.3. The monoisotopic (exact) mass is 481 g/mol. The topological polar surface area (TPSA) is 94.8 Å². The Kier molecular flexibility index (Phi) is 7.07. The van der Waals surface area contributed by atoms with Crippen LogP contribution in [-0.4, -0.2) is 43.5 Å². The van der Waals surface area contributed by atoms with Gasteiger partial charge in [0.25, 0.3) is 0 Å². The number of unbranched alkanes of at least 4 members (excludes halogenated alkanes) is 1. The van der Waals surface area contributed by atoms with E-state index in [-0.39, 0.29) is 11.3 Å². The number of aliphatic carboxylic acids is 1. The minimum absolute atomic E-state index is 0.0430. The lowest BCUT2D eigenvalue weighted by Crippen LogP contribution is -2.06. The molecular formula is C26H27NO6S. The Hall–Kier alpha value is -3.52. The minimum atomic E-state index is -3.34. The summed E-state index contributed by atoms with van der Waals surface area (Å²) >= 11 is 0. The highest BCUT2D eigenvalue weighted by Gasteiger charge is 2.14. The maximum atomic E-state index is 11.9. The fraction of sp³-hybridized carbons (Fsp3) is 0.269. The third kappa shape index (κ3) is 5.34. The van der Waals surface area contributed by atoms with Crippen molar-refractivity contribution >= 4 is 37.6 Å². The third-order valence-corrected chi connectivity index (χ3v) is 6.74. The molecule has 3 aromatic carbocycles. The number of fused-ring (bicyclic) bond motifs is 3. The number of rotatable bonds is 11. The molecule has 178 valence electrons. The lowest BCUT2D eigenvalue weighted by atomic mass is 10.1. The van der Waals surface area contributed by atoms with Gasteiger partial charge in [-0.3, -0.25) is 4.79 Å². The van der Waals surface area contributed by atoms with Crippen LogP contribution in [0.3, 0.4) is 0 Å². The highest BCUT2D eigenvalue weighted by molar-refractivity contribution is 7.90. The number of benzene rings is 3. The highest BCUT2D eigenvalue weighted by Crippen LogP contribution is 2.32. The van der Waals surface area contributed by atoms with Crippen LogP contribution in [0, 0.1) is 0 Å². The highest BCUT2D eigenvalue weighted by atomic mass is 32.2. The smallest absolute Gasteiger partial charge is 0.305 e. The number of ether oxygens (including phenoxy) is 2. The average Bonchev–Trinajstić information content (AvgIpc) is 3.12. The van der Waals surface area contributed by atoms with Crippen molar-refractivity contribution in [1.82, 2.24) is 4.57 Å². The Balaban J connectivity index is 1.38. The van der Waals surface area contributed by atoms with Crippen LogP contribution in [0.4, 0.5) is 0 Å². The third-order valence-electron chi connectivity index (χ3n) is 5.61. The molecule has 34 heavy (non-hydrogen) atoms. The first kappa shape index (κ1) is 23.6. The summed E-state index contributed by atoms with van der Waals surface area (Å²) in [7, 11) is -3.34. The summed E-state index contributed by atoms with van der Waals surface area (Å²) in [5.41, 5.74) is 1.95. The van der Waals surface area contributed by atoms with Crippen molar-refractivity contribution in [2.45, 2.75) is 30.7 Å². The fourth-order valence-electron chi connectivity index (χ4n) is 4.02. The van der Waals surface area contributed by atoms with Crippen molar-refractivity contribution in [3.8, 4) is 11.5 Å². The van der Waals surface area contributed by atoms with Crippen LogP contribution in [-0.2, 0) is 21.2 Å². The van der Waals surface area contributed by atoms with Crippen LogP contribution < -0.4 is 9.47 Å². The van der Waals surface area contributed by atoms with E-state index in [0.29, 0.717) is 31.9 Å². The van der Waals surface area contributed by atoms with Crippen molar-refractivity contribution in [2.24, 2.45) is 0 Å². The number of para-hydroxylation sites is 2. The maximum Gasteiger partial charge on any atom is 0.305 e. The first-order valence-electron chi connectivity index (χ1n) is 11.1. The number of aryl methyl sites for hydroxylation is 1.